The van der Waals surface area contributed by atoms with E-state index in [1.807, 2.05) is 54.5 Å². The van der Waals surface area contributed by atoms with E-state index in [1.165, 1.54) is 0 Å². The molecule has 1 atom stereocenters. The van der Waals surface area contributed by atoms with Gasteiger partial charge in [0.15, 0.2) is 23.0 Å². The van der Waals surface area contributed by atoms with Gasteiger partial charge in [-0.1, -0.05) is 6.07 Å². The van der Waals surface area contributed by atoms with Crippen LogP contribution >= 0.6 is 0 Å². The Kier molecular flexibility index (Phi) is 6.25. The minimum absolute atomic E-state index is 0.0832. The smallest absolute Gasteiger partial charge is 0.254 e. The van der Waals surface area contributed by atoms with Gasteiger partial charge >= 0.3 is 0 Å². The zero-order valence-corrected chi connectivity index (χ0v) is 18.2. The average molecular weight is 425 g/mol. The summed E-state index contributed by atoms with van der Waals surface area (Å²) in [4.78, 5) is 15.5. The van der Waals surface area contributed by atoms with E-state index >= 15 is 0 Å². The first kappa shape index (κ1) is 21.0. The minimum atomic E-state index is -0.137. The molecule has 0 N–H and O–H groups in total. The first-order chi connectivity index (χ1) is 15.2. The fourth-order valence-electron chi connectivity index (χ4n) is 4.04. The highest BCUT2D eigenvalue weighted by atomic mass is 16.5. The molecule has 31 heavy (non-hydrogen) atoms. The lowest BCUT2D eigenvalue weighted by Gasteiger charge is -2.24. The third kappa shape index (κ3) is 4.02. The summed E-state index contributed by atoms with van der Waals surface area (Å²) >= 11 is 0. The van der Waals surface area contributed by atoms with Gasteiger partial charge in [-0.25, -0.2) is 0 Å². The summed E-state index contributed by atoms with van der Waals surface area (Å²) in [5.41, 5.74) is 1.28. The number of benzene rings is 1. The van der Waals surface area contributed by atoms with Gasteiger partial charge in [-0.05, 0) is 57.9 Å². The third-order valence-electron chi connectivity index (χ3n) is 5.31. The Bertz CT molecular complexity index is 1040. The number of rotatable bonds is 8. The molecule has 1 amide bonds. The molecular weight excluding hydrogens is 396 g/mol. The Hall–Kier alpha value is -3.29. The largest absolute Gasteiger partial charge is 0.490 e. The second-order valence-corrected chi connectivity index (χ2v) is 7.24. The molecule has 1 aliphatic heterocycles. The molecule has 0 bridgehead atoms. The van der Waals surface area contributed by atoms with Crippen LogP contribution in [0.25, 0.3) is 5.65 Å². The number of fused-ring (bicyclic) bond motifs is 1. The van der Waals surface area contributed by atoms with E-state index in [0.717, 1.165) is 24.3 Å². The van der Waals surface area contributed by atoms with Crippen molar-refractivity contribution in [2.24, 2.45) is 0 Å². The molecular formula is C23H28N4O4. The SMILES string of the molecule is CCOc1cc(C(=O)N2CCCC2c2nnc3ccccn23)cc(OCC)c1OCC. The van der Waals surface area contributed by atoms with Crippen molar-refractivity contribution in [2.45, 2.75) is 39.7 Å². The van der Waals surface area contributed by atoms with Crippen molar-refractivity contribution in [1.82, 2.24) is 19.5 Å². The highest BCUT2D eigenvalue weighted by Crippen LogP contribution is 2.40. The zero-order valence-electron chi connectivity index (χ0n) is 18.2. The van der Waals surface area contributed by atoms with Crippen LogP contribution in [0.4, 0.5) is 0 Å². The van der Waals surface area contributed by atoms with Gasteiger partial charge in [0.05, 0.1) is 25.9 Å². The summed E-state index contributed by atoms with van der Waals surface area (Å²) in [5, 5.41) is 8.64. The Morgan fingerprint density at radius 1 is 1.03 bits per heavy atom. The molecule has 1 saturated heterocycles. The van der Waals surface area contributed by atoms with Gasteiger partial charge in [0, 0.05) is 18.3 Å². The molecule has 0 saturated carbocycles. The van der Waals surface area contributed by atoms with E-state index < -0.39 is 0 Å². The molecule has 164 valence electrons. The lowest BCUT2D eigenvalue weighted by molar-refractivity contribution is 0.0728. The van der Waals surface area contributed by atoms with E-state index in [0.29, 0.717) is 49.2 Å². The van der Waals surface area contributed by atoms with Crippen molar-refractivity contribution in [3.8, 4) is 17.2 Å². The van der Waals surface area contributed by atoms with Gasteiger partial charge in [-0.2, -0.15) is 0 Å². The number of ether oxygens (including phenoxy) is 3. The predicted octanol–water partition coefficient (Wildman–Crippen LogP) is 3.90. The highest BCUT2D eigenvalue weighted by Gasteiger charge is 2.34. The molecule has 1 aromatic carbocycles. The number of pyridine rings is 1. The average Bonchev–Trinajstić information content (AvgIpc) is 3.42. The topological polar surface area (TPSA) is 78.2 Å². The lowest BCUT2D eigenvalue weighted by Crippen LogP contribution is -2.31. The maximum Gasteiger partial charge on any atom is 0.254 e. The van der Waals surface area contributed by atoms with Crippen LogP contribution in [-0.2, 0) is 0 Å². The standard InChI is InChI=1S/C23H28N4O4/c1-4-29-18-14-16(15-19(30-5-2)21(18)31-6-3)23(28)26-13-9-10-17(26)22-25-24-20-11-7-8-12-27(20)22/h7-8,11-12,14-15,17H,4-6,9-10,13H2,1-3H3. The Morgan fingerprint density at radius 2 is 1.74 bits per heavy atom. The molecule has 8 nitrogen and oxygen atoms in total. The number of carbonyl (C=O) groups is 1. The summed E-state index contributed by atoms with van der Waals surface area (Å²) in [6.07, 6.45) is 3.68. The zero-order chi connectivity index (χ0) is 21.8. The molecule has 1 unspecified atom stereocenters. The van der Waals surface area contributed by atoms with E-state index in [1.54, 1.807) is 12.1 Å². The van der Waals surface area contributed by atoms with Crippen LogP contribution in [0, 0.1) is 0 Å². The molecule has 0 radical (unpaired) electrons. The summed E-state index contributed by atoms with van der Waals surface area (Å²) in [6, 6.07) is 9.13. The van der Waals surface area contributed by atoms with E-state index in [4.69, 9.17) is 14.2 Å². The number of amides is 1. The van der Waals surface area contributed by atoms with Crippen LogP contribution in [0.5, 0.6) is 17.2 Å². The van der Waals surface area contributed by atoms with Crippen molar-refractivity contribution in [1.29, 1.82) is 0 Å². The van der Waals surface area contributed by atoms with Crippen LogP contribution in [0.2, 0.25) is 0 Å². The van der Waals surface area contributed by atoms with Crippen LogP contribution in [-0.4, -0.2) is 51.8 Å². The molecule has 1 fully saturated rings. The molecule has 0 aliphatic carbocycles. The number of likely N-dealkylation sites (tertiary alicyclic amines) is 1. The molecule has 4 rings (SSSR count). The van der Waals surface area contributed by atoms with E-state index in [9.17, 15) is 4.79 Å². The predicted molar refractivity (Wildman–Crippen MR) is 116 cm³/mol. The number of hydrogen-bond acceptors (Lipinski definition) is 6. The monoisotopic (exact) mass is 424 g/mol. The van der Waals surface area contributed by atoms with Crippen LogP contribution < -0.4 is 14.2 Å². The maximum absolute atomic E-state index is 13.6. The van der Waals surface area contributed by atoms with Crippen molar-refractivity contribution in [2.75, 3.05) is 26.4 Å². The summed E-state index contributed by atoms with van der Waals surface area (Å²) in [6.45, 7) is 7.76. The van der Waals surface area contributed by atoms with Crippen molar-refractivity contribution >= 4 is 11.6 Å². The quantitative estimate of drug-likeness (QED) is 0.546. The van der Waals surface area contributed by atoms with Crippen LogP contribution in [0.15, 0.2) is 36.5 Å². The van der Waals surface area contributed by atoms with Gasteiger partial charge in [0.1, 0.15) is 0 Å². The summed E-state index contributed by atoms with van der Waals surface area (Å²) < 4.78 is 19.3. The molecule has 0 spiro atoms. The number of carbonyl (C=O) groups excluding carboxylic acids is 1. The molecule has 8 heteroatoms. The van der Waals surface area contributed by atoms with E-state index in [-0.39, 0.29) is 11.9 Å². The van der Waals surface area contributed by atoms with Crippen molar-refractivity contribution in [3.05, 3.63) is 47.9 Å². The third-order valence-corrected chi connectivity index (χ3v) is 5.31. The fraction of sp³-hybridized carbons (Fsp3) is 0.435. The fourth-order valence-corrected chi connectivity index (χ4v) is 4.04. The highest BCUT2D eigenvalue weighted by molar-refractivity contribution is 5.96. The summed E-state index contributed by atoms with van der Waals surface area (Å²) in [7, 11) is 0. The van der Waals surface area contributed by atoms with Gasteiger partial charge in [-0.3, -0.25) is 9.20 Å². The van der Waals surface area contributed by atoms with Gasteiger partial charge in [-0.15, -0.1) is 10.2 Å². The second-order valence-electron chi connectivity index (χ2n) is 7.24. The Morgan fingerprint density at radius 3 is 2.42 bits per heavy atom. The van der Waals surface area contributed by atoms with Crippen molar-refractivity contribution in [3.63, 3.8) is 0 Å². The number of aromatic nitrogens is 3. The van der Waals surface area contributed by atoms with Crippen LogP contribution in [0.3, 0.4) is 0 Å². The number of hydrogen-bond donors (Lipinski definition) is 0. The summed E-state index contributed by atoms with van der Waals surface area (Å²) in [5.74, 6) is 2.26. The van der Waals surface area contributed by atoms with E-state index in [2.05, 4.69) is 10.2 Å². The Labute approximate surface area is 181 Å². The van der Waals surface area contributed by atoms with Crippen LogP contribution in [0.1, 0.15) is 55.8 Å². The second kappa shape index (κ2) is 9.24. The molecule has 2 aromatic heterocycles. The Balaban J connectivity index is 1.70. The minimum Gasteiger partial charge on any atom is -0.490 e. The van der Waals surface area contributed by atoms with Gasteiger partial charge < -0.3 is 19.1 Å². The van der Waals surface area contributed by atoms with Gasteiger partial charge in [0.25, 0.3) is 5.91 Å². The van der Waals surface area contributed by atoms with Gasteiger partial charge in [0.2, 0.25) is 5.75 Å². The molecule has 3 aromatic rings. The first-order valence-corrected chi connectivity index (χ1v) is 10.8. The normalized spacial score (nSPS) is 16.0. The first-order valence-electron chi connectivity index (χ1n) is 10.8. The lowest BCUT2D eigenvalue weighted by atomic mass is 10.1. The molecule has 1 aliphatic rings. The molecule has 3 heterocycles. The maximum atomic E-state index is 13.6. The van der Waals surface area contributed by atoms with Crippen molar-refractivity contribution < 1.29 is 19.0 Å². The number of nitrogens with zero attached hydrogens (tertiary/aromatic N) is 4.